The van der Waals surface area contributed by atoms with E-state index >= 15 is 0 Å². The van der Waals surface area contributed by atoms with Crippen LogP contribution < -0.4 is 0 Å². The maximum Gasteiger partial charge on any atom is 0.139 e. The summed E-state index contributed by atoms with van der Waals surface area (Å²) >= 11 is 3.20. The van der Waals surface area contributed by atoms with Crippen LogP contribution in [0.3, 0.4) is 0 Å². The lowest BCUT2D eigenvalue weighted by molar-refractivity contribution is 0.985. The molecule has 0 unspecified atom stereocenters. The fourth-order valence-electron chi connectivity index (χ4n) is 0.806. The molecule has 0 bridgehead atoms. The van der Waals surface area contributed by atoms with Crippen LogP contribution >= 0.6 is 15.9 Å². The first-order valence-corrected chi connectivity index (χ1v) is 4.04. The van der Waals surface area contributed by atoms with Gasteiger partial charge in [0.25, 0.3) is 0 Å². The summed E-state index contributed by atoms with van der Waals surface area (Å²) in [5.74, 6) is 0.408. The summed E-state index contributed by atoms with van der Waals surface area (Å²) in [5, 5.41) is 0. The third-order valence-corrected chi connectivity index (χ3v) is 1.74. The molecule has 2 heterocycles. The van der Waals surface area contributed by atoms with E-state index in [0.29, 0.717) is 10.4 Å². The van der Waals surface area contributed by atoms with Gasteiger partial charge in [-0.15, -0.1) is 0 Å². The highest BCUT2D eigenvalue weighted by atomic mass is 79.9. The predicted molar refractivity (Wildman–Crippen MR) is 49.1 cm³/mol. The summed E-state index contributed by atoms with van der Waals surface area (Å²) in [4.78, 5) is 7.66. The minimum absolute atomic E-state index is 0.134. The first-order valence-electron chi connectivity index (χ1n) is 4.75. The van der Waals surface area contributed by atoms with Crippen LogP contribution in [0.5, 0.6) is 0 Å². The van der Waals surface area contributed by atoms with Gasteiger partial charge in [0, 0.05) is 12.3 Å². The van der Waals surface area contributed by atoms with Gasteiger partial charge in [-0.25, -0.2) is 9.97 Å². The Morgan fingerprint density at radius 3 is 3.08 bits per heavy atom. The molecule has 0 spiro atoms. The summed E-state index contributed by atoms with van der Waals surface area (Å²) in [7, 11) is 0. The van der Waals surface area contributed by atoms with Gasteiger partial charge >= 0.3 is 0 Å². The van der Waals surface area contributed by atoms with Crippen molar-refractivity contribution in [3.63, 3.8) is 0 Å². The van der Waals surface area contributed by atoms with Gasteiger partial charge in [-0.2, -0.15) is 0 Å². The zero-order valence-electron chi connectivity index (χ0n) is 8.95. The molecule has 4 heteroatoms. The zero-order chi connectivity index (χ0) is 11.0. The van der Waals surface area contributed by atoms with E-state index < -0.39 is 0 Å². The predicted octanol–water partition coefficient (Wildman–Crippen LogP) is 2.03. The average Bonchev–Trinajstić information content (AvgIpc) is 2.41. The van der Waals surface area contributed by atoms with Crippen molar-refractivity contribution in [1.29, 1.82) is 0 Å². The first kappa shape index (κ1) is 4.77. The standard InChI is InChI=1S/C8H6BrN3/c9-7-2-1-3-8(11-7)12-5-4-10-6-12/h1-6H/i4D,5D,6D. The van der Waals surface area contributed by atoms with Gasteiger partial charge < -0.3 is 0 Å². The summed E-state index contributed by atoms with van der Waals surface area (Å²) < 4.78 is 24.2. The van der Waals surface area contributed by atoms with E-state index in [1.165, 1.54) is 4.57 Å². The van der Waals surface area contributed by atoms with Crippen LogP contribution in [-0.2, 0) is 0 Å². The second-order valence-corrected chi connectivity index (χ2v) is 2.90. The number of pyridine rings is 1. The van der Waals surface area contributed by atoms with E-state index in [-0.39, 0.29) is 18.6 Å². The summed E-state index contributed by atoms with van der Waals surface area (Å²) in [6.45, 7) is 0. The highest BCUT2D eigenvalue weighted by molar-refractivity contribution is 9.10. The lowest BCUT2D eigenvalue weighted by Gasteiger charge is -1.99. The SMILES string of the molecule is [2H]c1nc([2H])n(-c2cccc(Br)n2)c1[2H]. The number of halogens is 1. The molecule has 2 aromatic rings. The van der Waals surface area contributed by atoms with Crippen LogP contribution in [0.2, 0.25) is 0 Å². The molecule has 0 fully saturated rings. The number of hydrogen-bond acceptors (Lipinski definition) is 2. The second kappa shape index (κ2) is 3.06. The van der Waals surface area contributed by atoms with Crippen molar-refractivity contribution in [1.82, 2.24) is 14.5 Å². The molecule has 0 aromatic carbocycles. The fourth-order valence-corrected chi connectivity index (χ4v) is 1.14. The monoisotopic (exact) mass is 226 g/mol. The number of aromatic nitrogens is 3. The minimum atomic E-state index is -0.221. The quantitative estimate of drug-likeness (QED) is 0.698. The second-order valence-electron chi connectivity index (χ2n) is 2.09. The molecule has 2 aromatic heterocycles. The summed E-state index contributed by atoms with van der Waals surface area (Å²) in [5.41, 5.74) is 0. The van der Waals surface area contributed by atoms with Gasteiger partial charge in [0.1, 0.15) is 18.1 Å². The molecule has 12 heavy (non-hydrogen) atoms. The lowest BCUT2D eigenvalue weighted by Crippen LogP contribution is -1.93. The number of hydrogen-bond donors (Lipinski definition) is 0. The van der Waals surface area contributed by atoms with Crippen molar-refractivity contribution < 1.29 is 4.11 Å². The van der Waals surface area contributed by atoms with Gasteiger partial charge in [0.2, 0.25) is 0 Å². The number of nitrogens with zero attached hydrogens (tertiary/aromatic N) is 3. The molecule has 0 atom stereocenters. The van der Waals surface area contributed by atoms with E-state index in [0.717, 1.165) is 0 Å². The van der Waals surface area contributed by atoms with Crippen LogP contribution in [0.25, 0.3) is 5.82 Å². The number of imidazole rings is 1. The van der Waals surface area contributed by atoms with Crippen LogP contribution in [-0.4, -0.2) is 14.5 Å². The molecule has 3 nitrogen and oxygen atoms in total. The van der Waals surface area contributed by atoms with Crippen molar-refractivity contribution in [3.8, 4) is 5.82 Å². The molecule has 2 rings (SSSR count). The third kappa shape index (κ3) is 1.38. The zero-order valence-corrected chi connectivity index (χ0v) is 7.54. The van der Waals surface area contributed by atoms with Crippen LogP contribution in [0.15, 0.2) is 41.5 Å². The Bertz CT molecular complexity index is 512. The van der Waals surface area contributed by atoms with Crippen molar-refractivity contribution in [2.24, 2.45) is 0 Å². The van der Waals surface area contributed by atoms with Gasteiger partial charge in [-0.3, -0.25) is 4.57 Å². The van der Waals surface area contributed by atoms with E-state index in [1.54, 1.807) is 18.2 Å². The lowest BCUT2D eigenvalue weighted by atomic mass is 10.5. The molecule has 0 N–H and O–H groups in total. The highest BCUT2D eigenvalue weighted by Crippen LogP contribution is 2.09. The minimum Gasteiger partial charge on any atom is -0.290 e. The maximum absolute atomic E-state index is 7.56. The van der Waals surface area contributed by atoms with Gasteiger partial charge in [0.15, 0.2) is 0 Å². The van der Waals surface area contributed by atoms with E-state index in [1.807, 2.05) is 0 Å². The van der Waals surface area contributed by atoms with Crippen LogP contribution in [0.1, 0.15) is 4.11 Å². The molecular weight excluding hydrogens is 218 g/mol. The highest BCUT2D eigenvalue weighted by Gasteiger charge is 1.95. The molecule has 0 aliphatic rings. The molecular formula is C8H6BrN3. The molecule has 0 aliphatic carbocycles. The van der Waals surface area contributed by atoms with Gasteiger partial charge in [-0.1, -0.05) is 6.07 Å². The Balaban J connectivity index is 2.63. The van der Waals surface area contributed by atoms with Crippen molar-refractivity contribution in [2.75, 3.05) is 0 Å². The largest absolute Gasteiger partial charge is 0.290 e. The Morgan fingerprint density at radius 2 is 2.42 bits per heavy atom. The van der Waals surface area contributed by atoms with Crippen molar-refractivity contribution in [2.45, 2.75) is 0 Å². The topological polar surface area (TPSA) is 30.7 Å². The van der Waals surface area contributed by atoms with Crippen molar-refractivity contribution >= 4 is 15.9 Å². The Labute approximate surface area is 82.4 Å². The Kier molecular flexibility index (Phi) is 1.22. The van der Waals surface area contributed by atoms with Gasteiger partial charge in [-0.05, 0) is 28.1 Å². The summed E-state index contributed by atoms with van der Waals surface area (Å²) in [6.07, 6.45) is -0.511. The maximum atomic E-state index is 7.56. The van der Waals surface area contributed by atoms with E-state index in [4.69, 9.17) is 4.11 Å². The fraction of sp³-hybridized carbons (Fsp3) is 0. The molecule has 0 radical (unpaired) electrons. The normalized spacial score (nSPS) is 13.6. The molecule has 0 saturated carbocycles. The molecule has 0 aliphatic heterocycles. The third-order valence-electron chi connectivity index (χ3n) is 1.30. The van der Waals surface area contributed by atoms with E-state index in [2.05, 4.69) is 25.9 Å². The van der Waals surface area contributed by atoms with E-state index in [9.17, 15) is 0 Å². The molecule has 60 valence electrons. The molecule has 0 amide bonds. The van der Waals surface area contributed by atoms with Crippen LogP contribution in [0, 0.1) is 0 Å². The summed E-state index contributed by atoms with van der Waals surface area (Å²) in [6, 6.07) is 5.14. The smallest absolute Gasteiger partial charge is 0.139 e. The van der Waals surface area contributed by atoms with Gasteiger partial charge in [0.05, 0.1) is 2.74 Å². The number of rotatable bonds is 1. The Hall–Kier alpha value is -1.16. The van der Waals surface area contributed by atoms with Crippen molar-refractivity contribution in [3.05, 3.63) is 41.5 Å². The first-order chi connectivity index (χ1) is 7.09. The van der Waals surface area contributed by atoms with Crippen LogP contribution in [0.4, 0.5) is 0 Å². The molecule has 0 saturated heterocycles. The Morgan fingerprint density at radius 1 is 1.50 bits per heavy atom. The average molecular weight is 227 g/mol.